The van der Waals surface area contributed by atoms with Gasteiger partial charge in [0.15, 0.2) is 0 Å². The summed E-state index contributed by atoms with van der Waals surface area (Å²) in [6, 6.07) is 6.25. The van der Waals surface area contributed by atoms with Crippen molar-refractivity contribution in [3.8, 4) is 5.75 Å². The van der Waals surface area contributed by atoms with E-state index in [2.05, 4.69) is 5.32 Å². The highest BCUT2D eigenvalue weighted by Crippen LogP contribution is 2.62. The molecule has 5 aliphatic rings. The summed E-state index contributed by atoms with van der Waals surface area (Å²) in [5, 5.41) is 3.25. The van der Waals surface area contributed by atoms with Crippen LogP contribution >= 0.6 is 0 Å². The molecule has 0 radical (unpaired) electrons. The summed E-state index contributed by atoms with van der Waals surface area (Å²) in [7, 11) is 0. The van der Waals surface area contributed by atoms with Gasteiger partial charge in [-0.2, -0.15) is 0 Å². The number of ether oxygens (including phenoxy) is 1. The van der Waals surface area contributed by atoms with Crippen LogP contribution in [0.2, 0.25) is 0 Å². The first-order valence-electron chi connectivity index (χ1n) is 11.4. The van der Waals surface area contributed by atoms with Crippen molar-refractivity contribution in [1.29, 1.82) is 0 Å². The highest BCUT2D eigenvalue weighted by atomic mass is 19.1. The molecule has 1 heterocycles. The molecule has 4 saturated carbocycles. The summed E-state index contributed by atoms with van der Waals surface area (Å²) in [5.74, 6) is 1.67. The molecule has 30 heavy (non-hydrogen) atoms. The predicted molar refractivity (Wildman–Crippen MR) is 110 cm³/mol. The van der Waals surface area contributed by atoms with Gasteiger partial charge in [-0.25, -0.2) is 4.39 Å². The maximum absolute atomic E-state index is 13.7. The minimum atomic E-state index is -0.303. The second-order valence-electron chi connectivity index (χ2n) is 10.3. The van der Waals surface area contributed by atoms with Crippen LogP contribution in [-0.2, 0) is 9.59 Å². The molecule has 6 rings (SSSR count). The Kier molecular flexibility index (Phi) is 4.79. The number of halogens is 1. The third kappa shape index (κ3) is 3.58. The number of benzene rings is 1. The van der Waals surface area contributed by atoms with Crippen molar-refractivity contribution in [3.05, 3.63) is 30.1 Å². The number of carbonyl (C=O) groups excluding carboxylic acids is 2. The van der Waals surface area contributed by atoms with Crippen LogP contribution in [0.5, 0.6) is 5.75 Å². The summed E-state index contributed by atoms with van der Waals surface area (Å²) >= 11 is 0. The number of rotatable bonds is 4. The van der Waals surface area contributed by atoms with Gasteiger partial charge in [-0.1, -0.05) is 6.07 Å². The Morgan fingerprint density at radius 2 is 1.83 bits per heavy atom. The fourth-order valence-electron chi connectivity index (χ4n) is 7.28. The quantitative estimate of drug-likeness (QED) is 0.818. The van der Waals surface area contributed by atoms with Crippen LogP contribution in [0.3, 0.4) is 0 Å². The van der Waals surface area contributed by atoms with Crippen LogP contribution in [-0.4, -0.2) is 41.4 Å². The van der Waals surface area contributed by atoms with Gasteiger partial charge in [-0.15, -0.1) is 0 Å². The number of hydrogen-bond donors (Lipinski definition) is 1. The summed E-state index contributed by atoms with van der Waals surface area (Å²) < 4.78 is 19.3. The van der Waals surface area contributed by atoms with Crippen LogP contribution in [0.25, 0.3) is 0 Å². The first-order chi connectivity index (χ1) is 14.3. The van der Waals surface area contributed by atoms with E-state index in [9.17, 15) is 14.0 Å². The monoisotopic (exact) mass is 414 g/mol. The lowest BCUT2D eigenvalue weighted by molar-refractivity contribution is -0.164. The van der Waals surface area contributed by atoms with Gasteiger partial charge in [0.05, 0.1) is 5.41 Å². The van der Waals surface area contributed by atoms with Crippen LogP contribution in [0.1, 0.15) is 58.3 Å². The molecule has 0 aromatic heterocycles. The van der Waals surface area contributed by atoms with Gasteiger partial charge < -0.3 is 15.0 Å². The fraction of sp³-hybridized carbons (Fsp3) is 0.667. The molecule has 1 N–H and O–H groups in total. The maximum atomic E-state index is 13.7. The molecule has 6 heteroatoms. The van der Waals surface area contributed by atoms with E-state index in [0.29, 0.717) is 30.7 Å². The lowest BCUT2D eigenvalue weighted by Crippen LogP contribution is -2.66. The Morgan fingerprint density at radius 3 is 2.47 bits per heavy atom. The highest BCUT2D eigenvalue weighted by molar-refractivity contribution is 5.84. The second-order valence-corrected chi connectivity index (χ2v) is 10.3. The molecule has 162 valence electrons. The summed E-state index contributed by atoms with van der Waals surface area (Å²) in [5.41, 5.74) is -0.479. The molecule has 2 unspecified atom stereocenters. The molecule has 1 saturated heterocycles. The summed E-state index contributed by atoms with van der Waals surface area (Å²) in [4.78, 5) is 27.6. The zero-order chi connectivity index (χ0) is 20.9. The molecule has 5 fully saturated rings. The number of nitrogens with one attached hydrogen (secondary N) is 1. The van der Waals surface area contributed by atoms with Gasteiger partial charge in [0, 0.05) is 44.5 Å². The summed E-state index contributed by atoms with van der Waals surface area (Å²) in [6.07, 6.45) is 7.56. The van der Waals surface area contributed by atoms with Crippen molar-refractivity contribution in [2.75, 3.05) is 13.1 Å². The standard InChI is InChI=1S/C24H31FN2O3/c1-16(28)26-24-13-17-9-18(14-24)12-23(11-17,15-24)22(29)27-7-5-20(6-8-27)30-21-4-2-3-19(25)10-21/h2-4,10,17-18,20H,5-9,11-15H2,1H3,(H,26,28)/t17-,18+,23?,24?. The van der Waals surface area contributed by atoms with E-state index >= 15 is 0 Å². The average Bonchev–Trinajstić information content (AvgIpc) is 2.66. The average molecular weight is 415 g/mol. The van der Waals surface area contributed by atoms with E-state index in [1.807, 2.05) is 4.90 Å². The van der Waals surface area contributed by atoms with Gasteiger partial charge in [0.2, 0.25) is 11.8 Å². The number of carbonyl (C=O) groups is 2. The van der Waals surface area contributed by atoms with E-state index in [0.717, 1.165) is 44.9 Å². The predicted octanol–water partition coefficient (Wildman–Crippen LogP) is 3.67. The number of hydrogen-bond acceptors (Lipinski definition) is 3. The van der Waals surface area contributed by atoms with Crippen molar-refractivity contribution >= 4 is 11.8 Å². The first kappa shape index (κ1) is 19.8. The molecule has 4 bridgehead atoms. The third-order valence-electron chi connectivity index (χ3n) is 7.78. The van der Waals surface area contributed by atoms with Crippen LogP contribution in [0, 0.1) is 23.1 Å². The highest BCUT2D eigenvalue weighted by Gasteiger charge is 2.61. The van der Waals surface area contributed by atoms with Crippen molar-refractivity contribution in [1.82, 2.24) is 10.2 Å². The molecular formula is C24H31FN2O3. The minimum absolute atomic E-state index is 0.0120. The topological polar surface area (TPSA) is 58.6 Å². The Labute approximate surface area is 177 Å². The molecule has 0 spiro atoms. The van der Waals surface area contributed by atoms with Gasteiger partial charge in [0.1, 0.15) is 17.7 Å². The van der Waals surface area contributed by atoms with Crippen LogP contribution in [0.15, 0.2) is 24.3 Å². The lowest BCUT2D eigenvalue weighted by Gasteiger charge is -2.62. The molecule has 1 aromatic rings. The third-order valence-corrected chi connectivity index (χ3v) is 7.78. The molecule has 4 aliphatic carbocycles. The first-order valence-corrected chi connectivity index (χ1v) is 11.4. The minimum Gasteiger partial charge on any atom is -0.490 e. The van der Waals surface area contributed by atoms with Crippen molar-refractivity contribution in [2.24, 2.45) is 17.3 Å². The Balaban J connectivity index is 1.25. The van der Waals surface area contributed by atoms with E-state index in [1.165, 1.54) is 18.6 Å². The maximum Gasteiger partial charge on any atom is 0.228 e. The van der Waals surface area contributed by atoms with Gasteiger partial charge in [-0.3, -0.25) is 9.59 Å². The molecular weight excluding hydrogens is 383 g/mol. The van der Waals surface area contributed by atoms with E-state index in [1.54, 1.807) is 19.1 Å². The number of amides is 2. The normalized spacial score (nSPS) is 35.3. The lowest BCUT2D eigenvalue weighted by atomic mass is 9.46. The fourth-order valence-corrected chi connectivity index (χ4v) is 7.28. The van der Waals surface area contributed by atoms with Gasteiger partial charge >= 0.3 is 0 Å². The van der Waals surface area contributed by atoms with Crippen molar-refractivity contribution in [2.45, 2.75) is 69.9 Å². The molecule has 4 atom stereocenters. The Hall–Kier alpha value is -2.11. The second kappa shape index (κ2) is 7.24. The SMILES string of the molecule is CC(=O)NC12C[C@H]3C[C@@H](C1)CC(C(=O)N1CCC(Oc4cccc(F)c4)CC1)(C3)C2. The van der Waals surface area contributed by atoms with Gasteiger partial charge in [0.25, 0.3) is 0 Å². The largest absolute Gasteiger partial charge is 0.490 e. The van der Waals surface area contributed by atoms with Crippen molar-refractivity contribution in [3.63, 3.8) is 0 Å². The van der Waals surface area contributed by atoms with E-state index in [-0.39, 0.29) is 34.7 Å². The Bertz CT molecular complexity index is 835. The summed E-state index contributed by atoms with van der Waals surface area (Å²) in [6.45, 7) is 2.96. The van der Waals surface area contributed by atoms with Crippen LogP contribution < -0.4 is 10.1 Å². The number of likely N-dealkylation sites (tertiary alicyclic amines) is 1. The smallest absolute Gasteiger partial charge is 0.228 e. The van der Waals surface area contributed by atoms with Gasteiger partial charge in [-0.05, 0) is 62.5 Å². The molecule has 2 amide bonds. The number of nitrogens with zero attached hydrogens (tertiary/aromatic N) is 1. The van der Waals surface area contributed by atoms with E-state index < -0.39 is 0 Å². The number of piperidine rings is 1. The molecule has 1 aromatic carbocycles. The Morgan fingerprint density at radius 1 is 1.13 bits per heavy atom. The van der Waals surface area contributed by atoms with E-state index in [4.69, 9.17) is 4.74 Å². The molecule has 1 aliphatic heterocycles. The van der Waals surface area contributed by atoms with Crippen LogP contribution in [0.4, 0.5) is 4.39 Å². The van der Waals surface area contributed by atoms with Crippen molar-refractivity contribution < 1.29 is 18.7 Å². The zero-order valence-corrected chi connectivity index (χ0v) is 17.7. The zero-order valence-electron chi connectivity index (χ0n) is 17.7. The molecule has 5 nitrogen and oxygen atoms in total.